The maximum Gasteiger partial charge on any atom is 0.260 e. The van der Waals surface area contributed by atoms with Crippen LogP contribution in [0.2, 0.25) is 0 Å². The fraction of sp³-hybridized carbons (Fsp3) is 0.727. The first kappa shape index (κ1) is 15.1. The van der Waals surface area contributed by atoms with Crippen molar-refractivity contribution in [2.45, 2.75) is 45.2 Å². The van der Waals surface area contributed by atoms with Crippen molar-refractivity contribution in [3.8, 4) is 0 Å². The van der Waals surface area contributed by atoms with Crippen LogP contribution in [0.3, 0.4) is 0 Å². The number of sulfonamides is 1. The van der Waals surface area contributed by atoms with E-state index in [9.17, 15) is 8.42 Å². The van der Waals surface area contributed by atoms with Gasteiger partial charge in [-0.3, -0.25) is 5.10 Å². The molecule has 0 spiro atoms. The van der Waals surface area contributed by atoms with Crippen molar-refractivity contribution in [3.05, 3.63) is 11.3 Å². The van der Waals surface area contributed by atoms with Crippen LogP contribution < -0.4 is 4.72 Å². The molecular weight excluding hydrogens is 254 g/mol. The van der Waals surface area contributed by atoms with Gasteiger partial charge in [0.25, 0.3) is 10.0 Å². The molecule has 0 unspecified atom stereocenters. The average Bonchev–Trinajstić information content (AvgIpc) is 2.72. The van der Waals surface area contributed by atoms with Crippen molar-refractivity contribution >= 4 is 10.0 Å². The molecule has 0 fully saturated rings. The SMILES string of the molecule is CCC(CC)CNS(=O)(=O)c1n[nH]c(C)c1CO. The van der Waals surface area contributed by atoms with E-state index in [1.54, 1.807) is 6.92 Å². The number of aromatic amines is 1. The van der Waals surface area contributed by atoms with Gasteiger partial charge in [-0.1, -0.05) is 26.7 Å². The van der Waals surface area contributed by atoms with Crippen LogP contribution in [0.4, 0.5) is 0 Å². The van der Waals surface area contributed by atoms with Crippen LogP contribution in [0.15, 0.2) is 5.03 Å². The molecule has 0 aliphatic carbocycles. The number of hydrogen-bond donors (Lipinski definition) is 3. The third-order valence-corrected chi connectivity index (χ3v) is 4.56. The van der Waals surface area contributed by atoms with E-state index in [1.807, 2.05) is 13.8 Å². The summed E-state index contributed by atoms with van der Waals surface area (Å²) >= 11 is 0. The Morgan fingerprint density at radius 3 is 2.50 bits per heavy atom. The maximum absolute atomic E-state index is 12.1. The first-order valence-electron chi connectivity index (χ1n) is 6.10. The van der Waals surface area contributed by atoms with Crippen molar-refractivity contribution in [2.75, 3.05) is 6.54 Å². The Bertz CT molecular complexity index is 478. The van der Waals surface area contributed by atoms with Gasteiger partial charge in [0.15, 0.2) is 5.03 Å². The smallest absolute Gasteiger partial charge is 0.260 e. The van der Waals surface area contributed by atoms with Crippen molar-refractivity contribution in [2.24, 2.45) is 5.92 Å². The van der Waals surface area contributed by atoms with Crippen LogP contribution in [0.25, 0.3) is 0 Å². The van der Waals surface area contributed by atoms with Gasteiger partial charge in [0.2, 0.25) is 0 Å². The van der Waals surface area contributed by atoms with Crippen molar-refractivity contribution < 1.29 is 13.5 Å². The number of rotatable bonds is 7. The van der Waals surface area contributed by atoms with E-state index in [0.29, 0.717) is 23.7 Å². The molecule has 0 aromatic carbocycles. The molecule has 3 N–H and O–H groups in total. The second kappa shape index (κ2) is 6.31. The quantitative estimate of drug-likeness (QED) is 0.689. The standard InChI is InChI=1S/C11H21N3O3S/c1-4-9(5-2)6-12-18(16,17)11-10(7-15)8(3)13-14-11/h9,12,15H,4-7H2,1-3H3,(H,13,14). The van der Waals surface area contributed by atoms with Gasteiger partial charge in [0.1, 0.15) is 0 Å². The van der Waals surface area contributed by atoms with E-state index in [-0.39, 0.29) is 11.6 Å². The lowest BCUT2D eigenvalue weighted by Gasteiger charge is -2.13. The number of aliphatic hydroxyl groups is 1. The molecular formula is C11H21N3O3S. The topological polar surface area (TPSA) is 95.1 Å². The molecule has 0 radical (unpaired) electrons. The predicted molar refractivity (Wildman–Crippen MR) is 68.5 cm³/mol. The van der Waals surface area contributed by atoms with Gasteiger partial charge in [0, 0.05) is 17.8 Å². The third-order valence-electron chi connectivity index (χ3n) is 3.17. The molecule has 1 rings (SSSR count). The van der Waals surface area contributed by atoms with E-state index < -0.39 is 10.0 Å². The zero-order valence-corrected chi connectivity index (χ0v) is 11.8. The monoisotopic (exact) mass is 275 g/mol. The number of nitrogens with one attached hydrogen (secondary N) is 2. The van der Waals surface area contributed by atoms with E-state index in [0.717, 1.165) is 12.8 Å². The van der Waals surface area contributed by atoms with E-state index in [1.165, 1.54) is 0 Å². The molecule has 0 aliphatic rings. The van der Waals surface area contributed by atoms with Gasteiger partial charge in [-0.05, 0) is 12.8 Å². The van der Waals surface area contributed by atoms with Gasteiger partial charge < -0.3 is 5.11 Å². The molecule has 1 aromatic rings. The second-order valence-electron chi connectivity index (χ2n) is 4.32. The normalized spacial score (nSPS) is 12.3. The summed E-state index contributed by atoms with van der Waals surface area (Å²) in [4.78, 5) is 0. The lowest BCUT2D eigenvalue weighted by Crippen LogP contribution is -2.30. The highest BCUT2D eigenvalue weighted by atomic mass is 32.2. The lowest BCUT2D eigenvalue weighted by atomic mass is 10.0. The van der Waals surface area contributed by atoms with Crippen LogP contribution in [0, 0.1) is 12.8 Å². The van der Waals surface area contributed by atoms with Crippen LogP contribution in [0.1, 0.15) is 37.9 Å². The van der Waals surface area contributed by atoms with E-state index in [2.05, 4.69) is 14.9 Å². The molecule has 18 heavy (non-hydrogen) atoms. The third kappa shape index (κ3) is 3.30. The predicted octanol–water partition coefficient (Wildman–Crippen LogP) is 0.925. The van der Waals surface area contributed by atoms with E-state index in [4.69, 9.17) is 5.11 Å². The Morgan fingerprint density at radius 1 is 1.39 bits per heavy atom. The summed E-state index contributed by atoms with van der Waals surface area (Å²) in [5.41, 5.74) is 0.896. The number of hydrogen-bond acceptors (Lipinski definition) is 4. The summed E-state index contributed by atoms with van der Waals surface area (Å²) in [5, 5.41) is 15.4. The Labute approximate surface area is 108 Å². The zero-order chi connectivity index (χ0) is 13.8. The first-order valence-corrected chi connectivity index (χ1v) is 7.58. The van der Waals surface area contributed by atoms with Gasteiger partial charge >= 0.3 is 0 Å². The minimum absolute atomic E-state index is 0.103. The molecule has 104 valence electrons. The van der Waals surface area contributed by atoms with Crippen LogP contribution in [0.5, 0.6) is 0 Å². The summed E-state index contributed by atoms with van der Waals surface area (Å²) in [6.07, 6.45) is 1.84. The van der Waals surface area contributed by atoms with Crippen molar-refractivity contribution in [1.82, 2.24) is 14.9 Å². The summed E-state index contributed by atoms with van der Waals surface area (Å²) in [5.74, 6) is 0.317. The number of aromatic nitrogens is 2. The average molecular weight is 275 g/mol. The zero-order valence-electron chi connectivity index (χ0n) is 11.0. The fourth-order valence-corrected chi connectivity index (χ4v) is 3.01. The van der Waals surface area contributed by atoms with Crippen LogP contribution in [-0.2, 0) is 16.6 Å². The summed E-state index contributed by atoms with van der Waals surface area (Å²) < 4.78 is 26.7. The summed E-state index contributed by atoms with van der Waals surface area (Å²) in [7, 11) is -3.65. The minimum Gasteiger partial charge on any atom is -0.392 e. The molecule has 1 aromatic heterocycles. The van der Waals surface area contributed by atoms with Gasteiger partial charge in [0.05, 0.1) is 6.61 Å². The minimum atomic E-state index is -3.65. The van der Waals surface area contributed by atoms with Gasteiger partial charge in [-0.2, -0.15) is 5.10 Å². The number of H-pyrrole nitrogens is 1. The number of aryl methyl sites for hydroxylation is 1. The largest absolute Gasteiger partial charge is 0.392 e. The maximum atomic E-state index is 12.1. The fourth-order valence-electron chi connectivity index (χ4n) is 1.71. The van der Waals surface area contributed by atoms with E-state index >= 15 is 0 Å². The highest BCUT2D eigenvalue weighted by Crippen LogP contribution is 2.16. The molecule has 0 saturated carbocycles. The Kier molecular flexibility index (Phi) is 5.30. The van der Waals surface area contributed by atoms with Crippen molar-refractivity contribution in [1.29, 1.82) is 0 Å². The Hall–Kier alpha value is -0.920. The molecule has 0 aliphatic heterocycles. The number of nitrogens with zero attached hydrogens (tertiary/aromatic N) is 1. The molecule has 1 heterocycles. The molecule has 6 nitrogen and oxygen atoms in total. The van der Waals surface area contributed by atoms with Gasteiger partial charge in [-0.15, -0.1) is 0 Å². The molecule has 7 heteroatoms. The lowest BCUT2D eigenvalue weighted by molar-refractivity contribution is 0.277. The molecule has 0 bridgehead atoms. The number of aliphatic hydroxyl groups excluding tert-OH is 1. The Morgan fingerprint density at radius 2 is 2.00 bits per heavy atom. The van der Waals surface area contributed by atoms with Crippen LogP contribution in [-0.4, -0.2) is 30.3 Å². The molecule has 0 amide bonds. The highest BCUT2D eigenvalue weighted by Gasteiger charge is 2.23. The summed E-state index contributed by atoms with van der Waals surface area (Å²) in [6.45, 7) is 5.79. The van der Waals surface area contributed by atoms with Crippen molar-refractivity contribution in [3.63, 3.8) is 0 Å². The Balaban J connectivity index is 2.86. The summed E-state index contributed by atoms with van der Waals surface area (Å²) in [6, 6.07) is 0. The second-order valence-corrected chi connectivity index (χ2v) is 6.01. The van der Waals surface area contributed by atoms with Crippen LogP contribution >= 0.6 is 0 Å². The first-order chi connectivity index (χ1) is 8.46. The highest BCUT2D eigenvalue weighted by molar-refractivity contribution is 7.89. The van der Waals surface area contributed by atoms with Gasteiger partial charge in [-0.25, -0.2) is 13.1 Å². The molecule has 0 atom stereocenters. The molecule has 0 saturated heterocycles.